The minimum absolute atomic E-state index is 0. The molecule has 1 rings (SSSR count). The average Bonchev–Trinajstić information content (AvgIpc) is 2.18. The van der Waals surface area contributed by atoms with E-state index in [1.807, 2.05) is 6.07 Å². The van der Waals surface area contributed by atoms with Crippen molar-refractivity contribution in [3.05, 3.63) is 29.6 Å². The summed E-state index contributed by atoms with van der Waals surface area (Å²) in [5.74, 6) is -0.281. The zero-order valence-corrected chi connectivity index (χ0v) is 9.05. The van der Waals surface area contributed by atoms with E-state index in [2.05, 4.69) is 0 Å². The summed E-state index contributed by atoms with van der Waals surface area (Å²) in [5.41, 5.74) is 6.24. The van der Waals surface area contributed by atoms with Crippen molar-refractivity contribution in [2.45, 2.75) is 12.5 Å². The molecule has 0 saturated carbocycles. The molecule has 0 aromatic heterocycles. The highest BCUT2D eigenvalue weighted by Crippen LogP contribution is 2.21. The molecule has 15 heavy (non-hydrogen) atoms. The highest BCUT2D eigenvalue weighted by Gasteiger charge is 2.09. The Morgan fingerprint density at radius 2 is 2.27 bits per heavy atom. The predicted octanol–water partition coefficient (Wildman–Crippen LogP) is 2.17. The lowest BCUT2D eigenvalue weighted by Crippen LogP contribution is -2.09. The molecule has 0 unspecified atom stereocenters. The quantitative estimate of drug-likeness (QED) is 0.866. The Kier molecular flexibility index (Phi) is 5.68. The lowest BCUT2D eigenvalue weighted by molar-refractivity contribution is 0.386. The van der Waals surface area contributed by atoms with Crippen LogP contribution in [0.2, 0.25) is 0 Å². The molecule has 0 aliphatic carbocycles. The molecule has 2 N–H and O–H groups in total. The second-order valence-electron chi connectivity index (χ2n) is 2.86. The second kappa shape index (κ2) is 6.23. The molecule has 0 bridgehead atoms. The van der Waals surface area contributed by atoms with E-state index in [1.165, 1.54) is 19.2 Å². The number of nitrogens with two attached hydrogens (primary N) is 1. The van der Waals surface area contributed by atoms with Crippen LogP contribution < -0.4 is 10.5 Å². The van der Waals surface area contributed by atoms with Gasteiger partial charge in [0.05, 0.1) is 19.6 Å². The molecule has 0 saturated heterocycles. The van der Waals surface area contributed by atoms with Crippen molar-refractivity contribution in [2.75, 3.05) is 7.11 Å². The van der Waals surface area contributed by atoms with E-state index in [-0.39, 0.29) is 24.6 Å². The molecule has 0 amide bonds. The molecule has 0 radical (unpaired) electrons. The zero-order valence-electron chi connectivity index (χ0n) is 8.24. The van der Waals surface area contributed by atoms with Gasteiger partial charge in [0.15, 0.2) is 11.6 Å². The number of methoxy groups -OCH3 is 1. The number of halogens is 2. The van der Waals surface area contributed by atoms with E-state index in [4.69, 9.17) is 15.7 Å². The van der Waals surface area contributed by atoms with Crippen LogP contribution in [0, 0.1) is 17.1 Å². The topological polar surface area (TPSA) is 59.0 Å². The van der Waals surface area contributed by atoms with Gasteiger partial charge in [0.1, 0.15) is 0 Å². The summed E-state index contributed by atoms with van der Waals surface area (Å²) in [6.07, 6.45) is 0.172. The van der Waals surface area contributed by atoms with Gasteiger partial charge in [-0.1, -0.05) is 6.07 Å². The van der Waals surface area contributed by atoms with Crippen molar-refractivity contribution in [2.24, 2.45) is 5.73 Å². The van der Waals surface area contributed by atoms with Crippen LogP contribution in [0.4, 0.5) is 4.39 Å². The van der Waals surface area contributed by atoms with Crippen molar-refractivity contribution >= 4 is 12.4 Å². The molecular formula is C10H12ClFN2O. The van der Waals surface area contributed by atoms with Gasteiger partial charge in [-0.05, 0) is 17.7 Å². The molecule has 0 aliphatic heterocycles. The molecular weight excluding hydrogens is 219 g/mol. The van der Waals surface area contributed by atoms with Crippen molar-refractivity contribution < 1.29 is 9.13 Å². The molecule has 1 aromatic carbocycles. The van der Waals surface area contributed by atoms with Crippen LogP contribution in [0.25, 0.3) is 0 Å². The minimum Gasteiger partial charge on any atom is -0.494 e. The number of benzene rings is 1. The number of hydrogen-bond acceptors (Lipinski definition) is 3. The highest BCUT2D eigenvalue weighted by molar-refractivity contribution is 5.85. The molecule has 1 atom stereocenters. The van der Waals surface area contributed by atoms with Gasteiger partial charge in [-0.15, -0.1) is 12.4 Å². The Morgan fingerprint density at radius 3 is 2.73 bits per heavy atom. The number of ether oxygens (including phenoxy) is 1. The molecule has 5 heteroatoms. The first kappa shape index (κ1) is 13.7. The maximum atomic E-state index is 13.2. The lowest BCUT2D eigenvalue weighted by Gasteiger charge is -2.09. The van der Waals surface area contributed by atoms with Crippen LogP contribution in [-0.4, -0.2) is 7.11 Å². The zero-order chi connectivity index (χ0) is 10.6. The third kappa shape index (κ3) is 3.39. The van der Waals surface area contributed by atoms with Crippen molar-refractivity contribution in [3.8, 4) is 11.8 Å². The van der Waals surface area contributed by atoms with Crippen LogP contribution in [0.3, 0.4) is 0 Å². The van der Waals surface area contributed by atoms with E-state index in [0.717, 1.165) is 0 Å². The fraction of sp³-hybridized carbons (Fsp3) is 0.300. The SMILES string of the molecule is COc1ccc([C@H](N)CC#N)cc1F.Cl. The number of rotatable bonds is 3. The van der Waals surface area contributed by atoms with Gasteiger partial charge in [-0.25, -0.2) is 4.39 Å². The van der Waals surface area contributed by atoms with Crippen molar-refractivity contribution in [3.63, 3.8) is 0 Å². The lowest BCUT2D eigenvalue weighted by atomic mass is 10.1. The van der Waals surface area contributed by atoms with Gasteiger partial charge >= 0.3 is 0 Å². The standard InChI is InChI=1S/C10H11FN2O.ClH/c1-14-10-3-2-7(6-8(10)11)9(13)4-5-12;/h2-3,6,9H,4,13H2,1H3;1H/t9-;/m1./s1. The Hall–Kier alpha value is -1.31. The molecule has 0 fully saturated rings. The van der Waals surface area contributed by atoms with Crippen molar-refractivity contribution in [1.29, 1.82) is 5.26 Å². The van der Waals surface area contributed by atoms with Gasteiger partial charge in [-0.3, -0.25) is 0 Å². The molecule has 0 heterocycles. The Balaban J connectivity index is 0.00000196. The monoisotopic (exact) mass is 230 g/mol. The van der Waals surface area contributed by atoms with Crippen molar-refractivity contribution in [1.82, 2.24) is 0 Å². The summed E-state index contributed by atoms with van der Waals surface area (Å²) < 4.78 is 17.9. The Morgan fingerprint density at radius 1 is 1.60 bits per heavy atom. The largest absolute Gasteiger partial charge is 0.494 e. The Labute approximate surface area is 94.1 Å². The van der Waals surface area contributed by atoms with Crippen LogP contribution in [0.15, 0.2) is 18.2 Å². The summed E-state index contributed by atoms with van der Waals surface area (Å²) in [5, 5.41) is 8.42. The second-order valence-corrected chi connectivity index (χ2v) is 2.86. The molecule has 0 aliphatic rings. The van der Waals surface area contributed by atoms with Crippen LogP contribution in [0.5, 0.6) is 5.75 Å². The fourth-order valence-electron chi connectivity index (χ4n) is 1.13. The molecule has 1 aromatic rings. The van der Waals surface area contributed by atoms with Gasteiger partial charge in [0, 0.05) is 6.04 Å². The first-order chi connectivity index (χ1) is 6.69. The predicted molar refractivity (Wildman–Crippen MR) is 57.4 cm³/mol. The summed E-state index contributed by atoms with van der Waals surface area (Å²) in [6, 6.07) is 5.94. The maximum Gasteiger partial charge on any atom is 0.165 e. The molecule has 3 nitrogen and oxygen atoms in total. The third-order valence-electron chi connectivity index (χ3n) is 1.92. The first-order valence-electron chi connectivity index (χ1n) is 4.15. The Bertz CT molecular complexity index is 365. The third-order valence-corrected chi connectivity index (χ3v) is 1.92. The normalized spacial score (nSPS) is 11.1. The fourth-order valence-corrected chi connectivity index (χ4v) is 1.13. The van der Waals surface area contributed by atoms with Crippen LogP contribution in [-0.2, 0) is 0 Å². The van der Waals surface area contributed by atoms with Gasteiger partial charge < -0.3 is 10.5 Å². The van der Waals surface area contributed by atoms with Crippen LogP contribution in [0.1, 0.15) is 18.0 Å². The summed E-state index contributed by atoms with van der Waals surface area (Å²) in [6.45, 7) is 0. The molecule has 82 valence electrons. The van der Waals surface area contributed by atoms with E-state index in [0.29, 0.717) is 5.56 Å². The minimum atomic E-state index is -0.460. The molecule has 0 spiro atoms. The van der Waals surface area contributed by atoms with E-state index in [9.17, 15) is 4.39 Å². The van der Waals surface area contributed by atoms with Gasteiger partial charge in [0.25, 0.3) is 0 Å². The van der Waals surface area contributed by atoms with Gasteiger partial charge in [-0.2, -0.15) is 5.26 Å². The maximum absolute atomic E-state index is 13.2. The summed E-state index contributed by atoms with van der Waals surface area (Å²) in [4.78, 5) is 0. The number of hydrogen-bond donors (Lipinski definition) is 1. The highest BCUT2D eigenvalue weighted by atomic mass is 35.5. The summed E-state index contributed by atoms with van der Waals surface area (Å²) >= 11 is 0. The van der Waals surface area contributed by atoms with E-state index in [1.54, 1.807) is 6.07 Å². The average molecular weight is 231 g/mol. The van der Waals surface area contributed by atoms with E-state index >= 15 is 0 Å². The van der Waals surface area contributed by atoms with Crippen LogP contribution >= 0.6 is 12.4 Å². The number of nitriles is 1. The van der Waals surface area contributed by atoms with Gasteiger partial charge in [0.2, 0.25) is 0 Å². The summed E-state index contributed by atoms with van der Waals surface area (Å²) in [7, 11) is 1.40. The van der Waals surface area contributed by atoms with E-state index < -0.39 is 11.9 Å². The first-order valence-corrected chi connectivity index (χ1v) is 4.15. The number of nitrogens with zero attached hydrogens (tertiary/aromatic N) is 1. The smallest absolute Gasteiger partial charge is 0.165 e.